The van der Waals surface area contributed by atoms with E-state index in [2.05, 4.69) is 33.9 Å². The number of likely N-dealkylation sites (tertiary alicyclic amines) is 1. The van der Waals surface area contributed by atoms with Crippen LogP contribution in [0.5, 0.6) is 5.75 Å². The summed E-state index contributed by atoms with van der Waals surface area (Å²) < 4.78 is 22.8. The van der Waals surface area contributed by atoms with Crippen LogP contribution in [0.4, 0.5) is 0 Å². The number of hydrogen-bond donors (Lipinski definition) is 0. The van der Waals surface area contributed by atoms with Crippen molar-refractivity contribution in [1.29, 1.82) is 0 Å². The highest BCUT2D eigenvalue weighted by molar-refractivity contribution is 6.74. The van der Waals surface area contributed by atoms with Crippen LogP contribution in [-0.4, -0.2) is 63.0 Å². The van der Waals surface area contributed by atoms with Crippen LogP contribution in [0.1, 0.15) is 46.6 Å². The second kappa shape index (κ2) is 10.7. The third kappa shape index (κ3) is 7.04. The van der Waals surface area contributed by atoms with Gasteiger partial charge in [0.2, 0.25) is 5.91 Å². The molecule has 9 heteroatoms. The summed E-state index contributed by atoms with van der Waals surface area (Å²) in [5, 5.41) is -0.111. The van der Waals surface area contributed by atoms with Gasteiger partial charge in [-0.15, -0.1) is 0 Å². The van der Waals surface area contributed by atoms with Gasteiger partial charge in [0, 0.05) is 20.4 Å². The van der Waals surface area contributed by atoms with Crippen LogP contribution >= 0.6 is 0 Å². The van der Waals surface area contributed by atoms with Crippen molar-refractivity contribution in [3.8, 4) is 5.75 Å². The molecule has 0 N–H and O–H groups in total. The van der Waals surface area contributed by atoms with E-state index in [1.807, 2.05) is 24.3 Å². The van der Waals surface area contributed by atoms with Crippen molar-refractivity contribution in [2.75, 3.05) is 13.7 Å². The van der Waals surface area contributed by atoms with E-state index in [1.165, 1.54) is 13.8 Å². The standard InChI is InChI=1S/C24H37NO7Si/c1-16(26)30-15-21(32-33(7,8)24(3,4)5)23(31-17(2)27)20-13-22(28)25(20)14-18-9-11-19(29-6)12-10-18/h9-12,20-21,23H,13-15H2,1-8H3/t20-,21+,23-/m0/s1. The fourth-order valence-electron chi connectivity index (χ4n) is 3.45. The first-order valence-corrected chi connectivity index (χ1v) is 14.1. The number of rotatable bonds is 10. The maximum Gasteiger partial charge on any atom is 0.303 e. The third-order valence-corrected chi connectivity index (χ3v) is 10.9. The normalized spacial score (nSPS) is 18.2. The molecular weight excluding hydrogens is 442 g/mol. The molecule has 33 heavy (non-hydrogen) atoms. The minimum absolute atomic E-state index is 0.0356. The van der Waals surface area contributed by atoms with Gasteiger partial charge in [-0.05, 0) is 35.8 Å². The van der Waals surface area contributed by atoms with E-state index in [0.29, 0.717) is 6.54 Å². The summed E-state index contributed by atoms with van der Waals surface area (Å²) in [4.78, 5) is 37.8. The summed E-state index contributed by atoms with van der Waals surface area (Å²) in [5.41, 5.74) is 0.928. The topological polar surface area (TPSA) is 91.4 Å². The number of esters is 2. The zero-order valence-corrected chi connectivity index (χ0v) is 22.0. The number of methoxy groups -OCH3 is 1. The quantitative estimate of drug-likeness (QED) is 0.287. The van der Waals surface area contributed by atoms with Gasteiger partial charge in [0.1, 0.15) is 18.5 Å². The Balaban J connectivity index is 2.31. The Labute approximate surface area is 197 Å². The van der Waals surface area contributed by atoms with Crippen molar-refractivity contribution < 1.29 is 33.0 Å². The highest BCUT2D eigenvalue weighted by Crippen LogP contribution is 2.39. The molecule has 0 aliphatic carbocycles. The molecule has 184 valence electrons. The molecule has 0 radical (unpaired) electrons. The second-order valence-electron chi connectivity index (χ2n) is 9.93. The Kier molecular flexibility index (Phi) is 8.70. The number of β-lactam (4-membered cyclic amide) rings is 1. The number of nitrogens with zero attached hydrogens (tertiary/aromatic N) is 1. The van der Waals surface area contributed by atoms with Gasteiger partial charge in [0.25, 0.3) is 0 Å². The molecule has 0 aromatic heterocycles. The summed E-state index contributed by atoms with van der Waals surface area (Å²) in [7, 11) is -0.715. The summed E-state index contributed by atoms with van der Waals surface area (Å²) in [6.07, 6.45) is -1.21. The summed E-state index contributed by atoms with van der Waals surface area (Å²) in [5.74, 6) is -0.227. The molecule has 1 aliphatic heterocycles. The van der Waals surface area contributed by atoms with E-state index >= 15 is 0 Å². The summed E-state index contributed by atoms with van der Waals surface area (Å²) in [6.45, 7) is 13.4. The second-order valence-corrected chi connectivity index (χ2v) is 14.7. The Bertz CT molecular complexity index is 847. The van der Waals surface area contributed by atoms with Crippen LogP contribution in [0, 0.1) is 0 Å². The average molecular weight is 480 g/mol. The van der Waals surface area contributed by atoms with Crippen molar-refractivity contribution >= 4 is 26.2 Å². The van der Waals surface area contributed by atoms with Crippen molar-refractivity contribution in [2.45, 2.75) is 84.0 Å². The lowest BCUT2D eigenvalue weighted by atomic mass is 9.92. The lowest BCUT2D eigenvalue weighted by molar-refractivity contribution is -0.178. The molecule has 3 atom stereocenters. The Morgan fingerprint density at radius 3 is 2.18 bits per heavy atom. The molecular formula is C24H37NO7Si. The molecule has 0 spiro atoms. The molecule has 0 unspecified atom stereocenters. The average Bonchev–Trinajstić information content (AvgIpc) is 2.71. The monoisotopic (exact) mass is 479 g/mol. The first-order valence-electron chi connectivity index (χ1n) is 11.2. The van der Waals surface area contributed by atoms with Crippen LogP contribution in [0.25, 0.3) is 0 Å². The molecule has 0 saturated carbocycles. The van der Waals surface area contributed by atoms with Crippen LogP contribution in [-0.2, 0) is 34.8 Å². The Morgan fingerprint density at radius 2 is 1.73 bits per heavy atom. The number of carbonyl (C=O) groups is 3. The van der Waals surface area contributed by atoms with Gasteiger partial charge < -0.3 is 23.5 Å². The zero-order chi connectivity index (χ0) is 25.0. The molecule has 1 amide bonds. The van der Waals surface area contributed by atoms with Gasteiger partial charge in [0.05, 0.1) is 19.6 Å². The first-order chi connectivity index (χ1) is 15.2. The van der Waals surface area contributed by atoms with Gasteiger partial charge in [-0.25, -0.2) is 0 Å². The molecule has 2 rings (SSSR count). The third-order valence-electron chi connectivity index (χ3n) is 6.37. The largest absolute Gasteiger partial charge is 0.497 e. The molecule has 1 aliphatic rings. The van der Waals surface area contributed by atoms with E-state index in [4.69, 9.17) is 18.6 Å². The molecule has 1 saturated heterocycles. The van der Waals surface area contributed by atoms with Crippen molar-refractivity contribution in [1.82, 2.24) is 4.90 Å². The number of hydrogen-bond acceptors (Lipinski definition) is 7. The van der Waals surface area contributed by atoms with Crippen molar-refractivity contribution in [3.63, 3.8) is 0 Å². The number of carbonyl (C=O) groups excluding carboxylic acids is 3. The van der Waals surface area contributed by atoms with Gasteiger partial charge in [0.15, 0.2) is 14.4 Å². The van der Waals surface area contributed by atoms with E-state index in [9.17, 15) is 14.4 Å². The van der Waals surface area contributed by atoms with Gasteiger partial charge >= 0.3 is 11.9 Å². The first kappa shape index (κ1) is 26.9. The van der Waals surface area contributed by atoms with Crippen LogP contribution in [0.3, 0.4) is 0 Å². The van der Waals surface area contributed by atoms with E-state index in [1.54, 1.807) is 12.0 Å². The van der Waals surface area contributed by atoms with Crippen LogP contribution in [0.15, 0.2) is 24.3 Å². The van der Waals surface area contributed by atoms with Gasteiger partial charge in [-0.3, -0.25) is 14.4 Å². The molecule has 1 aromatic rings. The fraction of sp³-hybridized carbons (Fsp3) is 0.625. The summed E-state index contributed by atoms with van der Waals surface area (Å²) >= 11 is 0. The van der Waals surface area contributed by atoms with Gasteiger partial charge in [-0.1, -0.05) is 32.9 Å². The highest BCUT2D eigenvalue weighted by atomic mass is 28.4. The summed E-state index contributed by atoms with van der Waals surface area (Å²) in [6, 6.07) is 7.08. The fourth-order valence-corrected chi connectivity index (χ4v) is 4.76. The number of amides is 1. The highest BCUT2D eigenvalue weighted by Gasteiger charge is 2.49. The molecule has 8 nitrogen and oxygen atoms in total. The predicted molar refractivity (Wildman–Crippen MR) is 126 cm³/mol. The minimum Gasteiger partial charge on any atom is -0.497 e. The minimum atomic E-state index is -2.31. The zero-order valence-electron chi connectivity index (χ0n) is 21.0. The maximum absolute atomic E-state index is 12.5. The SMILES string of the molecule is COc1ccc(CN2C(=O)C[C@H]2[C@H](OC(C)=O)[C@@H](COC(C)=O)O[Si](C)(C)C(C)(C)C)cc1. The Hall–Kier alpha value is -2.39. The smallest absolute Gasteiger partial charge is 0.303 e. The van der Waals surface area contributed by atoms with E-state index < -0.39 is 32.5 Å². The van der Waals surface area contributed by atoms with Gasteiger partial charge in [-0.2, -0.15) is 0 Å². The predicted octanol–water partition coefficient (Wildman–Crippen LogP) is 3.68. The lowest BCUT2D eigenvalue weighted by Crippen LogP contribution is -2.63. The van der Waals surface area contributed by atoms with Crippen LogP contribution < -0.4 is 4.74 Å². The molecule has 0 bridgehead atoms. The number of benzene rings is 1. The van der Waals surface area contributed by atoms with Crippen molar-refractivity contribution in [2.24, 2.45) is 0 Å². The Morgan fingerprint density at radius 1 is 1.12 bits per heavy atom. The van der Waals surface area contributed by atoms with E-state index in [-0.39, 0.29) is 30.0 Å². The van der Waals surface area contributed by atoms with Crippen molar-refractivity contribution in [3.05, 3.63) is 29.8 Å². The lowest BCUT2D eigenvalue weighted by Gasteiger charge is -2.48. The number of ether oxygens (including phenoxy) is 3. The molecule has 1 aromatic carbocycles. The van der Waals surface area contributed by atoms with E-state index in [0.717, 1.165) is 11.3 Å². The molecule has 1 fully saturated rings. The molecule has 1 heterocycles. The van der Waals surface area contributed by atoms with Crippen LogP contribution in [0.2, 0.25) is 18.1 Å². The maximum atomic E-state index is 12.5.